The van der Waals surface area contributed by atoms with Gasteiger partial charge in [-0.05, 0) is 25.1 Å². The molecule has 2 amide bonds. The lowest BCUT2D eigenvalue weighted by Gasteiger charge is -2.10. The number of carbonyl (C=O) groups excluding carboxylic acids is 2. The number of amides is 2. The van der Waals surface area contributed by atoms with E-state index in [1.54, 1.807) is 6.07 Å². The molecule has 0 aliphatic carbocycles. The number of primary amides is 1. The fourth-order valence-corrected chi connectivity index (χ4v) is 5.19. The van der Waals surface area contributed by atoms with Crippen molar-refractivity contribution in [1.82, 2.24) is 14.8 Å². The number of hydrogen-bond acceptors (Lipinski definition) is 8. The van der Waals surface area contributed by atoms with Crippen LogP contribution in [0.2, 0.25) is 0 Å². The summed E-state index contributed by atoms with van der Waals surface area (Å²) in [6, 6.07) is 4.84. The van der Waals surface area contributed by atoms with Crippen molar-refractivity contribution in [2.75, 3.05) is 5.32 Å². The van der Waals surface area contributed by atoms with Crippen LogP contribution in [0.1, 0.15) is 33.1 Å². The highest BCUT2D eigenvalue weighted by Crippen LogP contribution is 2.44. The third-order valence-electron chi connectivity index (χ3n) is 4.80. The first kappa shape index (κ1) is 23.4. The molecule has 4 aromatic rings. The number of nitrogens with zero attached hydrogens (tertiary/aromatic N) is 4. The second-order valence-electron chi connectivity index (χ2n) is 7.17. The number of thiophene rings is 2. The molecule has 0 aromatic carbocycles. The number of hydrogen-bond donors (Lipinski definition) is 2. The van der Waals surface area contributed by atoms with Crippen molar-refractivity contribution in [3.05, 3.63) is 56.2 Å². The van der Waals surface area contributed by atoms with Gasteiger partial charge >= 0.3 is 5.69 Å². The smallest absolute Gasteiger partial charge is 0.306 e. The van der Waals surface area contributed by atoms with Crippen LogP contribution in [0.4, 0.5) is 20.2 Å². The van der Waals surface area contributed by atoms with E-state index in [-0.39, 0.29) is 34.0 Å². The average molecular weight is 507 g/mol. The Balaban J connectivity index is 1.73. The van der Waals surface area contributed by atoms with Crippen LogP contribution in [0.5, 0.6) is 0 Å². The van der Waals surface area contributed by atoms with Crippen molar-refractivity contribution < 1.29 is 23.3 Å². The van der Waals surface area contributed by atoms with Gasteiger partial charge in [0.2, 0.25) is 5.91 Å². The number of fused-ring (bicyclic) bond motifs is 1. The summed E-state index contributed by atoms with van der Waals surface area (Å²) in [5, 5.41) is 17.6. The molecule has 0 saturated carbocycles. The number of pyridine rings is 1. The average Bonchev–Trinajstić information content (AvgIpc) is 3.50. The highest BCUT2D eigenvalue weighted by atomic mass is 32.1. The molecule has 10 nitrogen and oxygen atoms in total. The second-order valence-corrected chi connectivity index (χ2v) is 9.46. The fourth-order valence-electron chi connectivity index (χ4n) is 3.28. The summed E-state index contributed by atoms with van der Waals surface area (Å²) in [6.45, 7) is 1.91. The maximum Gasteiger partial charge on any atom is 0.306 e. The van der Waals surface area contributed by atoms with E-state index in [0.29, 0.717) is 15.8 Å². The van der Waals surface area contributed by atoms with Crippen LogP contribution >= 0.6 is 22.7 Å². The maximum atomic E-state index is 13.5. The van der Waals surface area contributed by atoms with Gasteiger partial charge in [-0.3, -0.25) is 24.4 Å². The molecule has 176 valence electrons. The van der Waals surface area contributed by atoms with Crippen LogP contribution in [0, 0.1) is 17.0 Å². The molecule has 0 fully saturated rings. The number of halogens is 2. The summed E-state index contributed by atoms with van der Waals surface area (Å²) in [6.07, 6.45) is -0.698. The minimum Gasteiger partial charge on any atom is -0.365 e. The largest absolute Gasteiger partial charge is 0.365 e. The fraction of sp³-hybridized carbons (Fsp3) is 0.200. The molecule has 0 saturated heterocycles. The number of aromatic nitrogens is 3. The zero-order valence-corrected chi connectivity index (χ0v) is 19.1. The van der Waals surface area contributed by atoms with Crippen molar-refractivity contribution in [3.8, 4) is 10.4 Å². The highest BCUT2D eigenvalue weighted by molar-refractivity contribution is 7.21. The van der Waals surface area contributed by atoms with Gasteiger partial charge in [0.15, 0.2) is 0 Å². The Labute approximate surface area is 198 Å². The summed E-state index contributed by atoms with van der Waals surface area (Å²) in [5.41, 5.74) is 5.34. The standard InChI is InChI=1S/C20H16F2N6O4S2/c1-9-2-3-13(33-9)11-6-12(18(21)22)25-20-15(11)16(17(34-20)19(23)30)26-14(29)4-5-27-8-10(7-24-27)28(31)32/h2-3,6-8,18H,4-5H2,1H3,(H2,23,30)(H,26,29). The van der Waals surface area contributed by atoms with Crippen LogP contribution in [-0.2, 0) is 11.3 Å². The highest BCUT2D eigenvalue weighted by Gasteiger charge is 2.25. The monoisotopic (exact) mass is 506 g/mol. The van der Waals surface area contributed by atoms with E-state index < -0.39 is 28.9 Å². The summed E-state index contributed by atoms with van der Waals surface area (Å²) < 4.78 is 28.3. The molecule has 14 heteroatoms. The summed E-state index contributed by atoms with van der Waals surface area (Å²) in [7, 11) is 0. The lowest BCUT2D eigenvalue weighted by molar-refractivity contribution is -0.385. The van der Waals surface area contributed by atoms with E-state index in [4.69, 9.17) is 5.73 Å². The molecule has 0 unspecified atom stereocenters. The minimum absolute atomic E-state index is 0.0217. The molecule has 0 aliphatic heterocycles. The predicted octanol–water partition coefficient (Wildman–Crippen LogP) is 4.50. The van der Waals surface area contributed by atoms with Crippen LogP contribution < -0.4 is 11.1 Å². The molecule has 0 aliphatic rings. The van der Waals surface area contributed by atoms with E-state index in [2.05, 4.69) is 15.4 Å². The summed E-state index contributed by atoms with van der Waals surface area (Å²) in [4.78, 5) is 40.7. The molecule has 4 heterocycles. The Morgan fingerprint density at radius 2 is 2.09 bits per heavy atom. The van der Waals surface area contributed by atoms with Gasteiger partial charge in [0.05, 0.1) is 10.6 Å². The van der Waals surface area contributed by atoms with E-state index in [0.717, 1.165) is 22.4 Å². The van der Waals surface area contributed by atoms with Crippen molar-refractivity contribution in [1.29, 1.82) is 0 Å². The first-order valence-corrected chi connectivity index (χ1v) is 11.4. The topological polar surface area (TPSA) is 146 Å². The number of rotatable bonds is 8. The van der Waals surface area contributed by atoms with Gasteiger partial charge in [0.1, 0.15) is 27.8 Å². The van der Waals surface area contributed by atoms with Gasteiger partial charge in [-0.2, -0.15) is 5.10 Å². The Morgan fingerprint density at radius 3 is 2.68 bits per heavy atom. The van der Waals surface area contributed by atoms with E-state index in [1.807, 2.05) is 13.0 Å². The Hall–Kier alpha value is -3.78. The van der Waals surface area contributed by atoms with Crippen molar-refractivity contribution in [2.45, 2.75) is 26.3 Å². The number of carbonyl (C=O) groups is 2. The second kappa shape index (κ2) is 9.23. The predicted molar refractivity (Wildman–Crippen MR) is 123 cm³/mol. The molecule has 4 rings (SSSR count). The molecular weight excluding hydrogens is 490 g/mol. The zero-order chi connectivity index (χ0) is 24.6. The summed E-state index contributed by atoms with van der Waals surface area (Å²) >= 11 is 2.19. The van der Waals surface area contributed by atoms with Crippen LogP contribution in [0.3, 0.4) is 0 Å². The van der Waals surface area contributed by atoms with E-state index >= 15 is 0 Å². The summed E-state index contributed by atoms with van der Waals surface area (Å²) in [5.74, 6) is -1.36. The normalized spacial score (nSPS) is 11.3. The lowest BCUT2D eigenvalue weighted by Crippen LogP contribution is -2.18. The number of nitrogens with one attached hydrogen (secondary N) is 1. The third-order valence-corrected chi connectivity index (χ3v) is 6.93. The lowest BCUT2D eigenvalue weighted by atomic mass is 10.1. The Bertz CT molecular complexity index is 1430. The van der Waals surface area contributed by atoms with E-state index in [9.17, 15) is 28.5 Å². The van der Waals surface area contributed by atoms with Crippen molar-refractivity contribution in [3.63, 3.8) is 0 Å². The first-order chi connectivity index (χ1) is 16.1. The number of anilines is 1. The molecule has 0 spiro atoms. The molecule has 34 heavy (non-hydrogen) atoms. The van der Waals surface area contributed by atoms with Crippen LogP contribution in [-0.4, -0.2) is 31.5 Å². The van der Waals surface area contributed by atoms with E-state index in [1.165, 1.54) is 28.3 Å². The van der Waals surface area contributed by atoms with Crippen LogP contribution in [0.15, 0.2) is 30.6 Å². The quantitative estimate of drug-likeness (QED) is 0.266. The number of nitro groups is 1. The van der Waals surface area contributed by atoms with Gasteiger partial charge < -0.3 is 11.1 Å². The van der Waals surface area contributed by atoms with Gasteiger partial charge in [0.25, 0.3) is 12.3 Å². The number of nitrogens with two attached hydrogens (primary N) is 1. The molecule has 0 radical (unpaired) electrons. The molecule has 0 bridgehead atoms. The van der Waals surface area contributed by atoms with Crippen molar-refractivity contribution >= 4 is 56.1 Å². The first-order valence-electron chi connectivity index (χ1n) is 9.73. The molecule has 4 aromatic heterocycles. The van der Waals surface area contributed by atoms with Crippen LogP contribution in [0.25, 0.3) is 20.7 Å². The molecule has 3 N–H and O–H groups in total. The Kier molecular flexibility index (Phi) is 6.34. The third kappa shape index (κ3) is 4.63. The number of aryl methyl sites for hydroxylation is 2. The Morgan fingerprint density at radius 1 is 1.32 bits per heavy atom. The SMILES string of the molecule is Cc1ccc(-c2cc(C(F)F)nc3sc(C(N)=O)c(NC(=O)CCn4cc([N+](=O)[O-])cn4)c23)s1. The molecule has 0 atom stereocenters. The van der Waals surface area contributed by atoms with Gasteiger partial charge in [-0.1, -0.05) is 0 Å². The maximum absolute atomic E-state index is 13.5. The zero-order valence-electron chi connectivity index (χ0n) is 17.4. The minimum atomic E-state index is -2.83. The van der Waals surface area contributed by atoms with Gasteiger partial charge in [-0.25, -0.2) is 13.8 Å². The van der Waals surface area contributed by atoms with Crippen molar-refractivity contribution in [2.24, 2.45) is 5.73 Å². The number of alkyl halides is 2. The van der Waals surface area contributed by atoms with Gasteiger partial charge in [-0.15, -0.1) is 22.7 Å². The molecular formula is C20H16F2N6O4S2. The van der Waals surface area contributed by atoms with Gasteiger partial charge in [0, 0.05) is 33.7 Å².